The van der Waals surface area contributed by atoms with E-state index in [0.717, 1.165) is 17.1 Å². The highest BCUT2D eigenvalue weighted by atomic mass is 19.1. The van der Waals surface area contributed by atoms with Crippen molar-refractivity contribution < 1.29 is 13.9 Å². The van der Waals surface area contributed by atoms with Crippen molar-refractivity contribution in [2.75, 3.05) is 19.8 Å². The van der Waals surface area contributed by atoms with Crippen molar-refractivity contribution in [1.29, 1.82) is 0 Å². The number of rotatable bonds is 1. The van der Waals surface area contributed by atoms with Crippen LogP contribution in [0.1, 0.15) is 24.1 Å². The Morgan fingerprint density at radius 1 is 1.26 bits per heavy atom. The molecular weight excluding hydrogens is 295 g/mol. The second-order valence-electron chi connectivity index (χ2n) is 6.30. The lowest BCUT2D eigenvalue weighted by molar-refractivity contribution is -0.136. The van der Waals surface area contributed by atoms with Gasteiger partial charge in [-0.25, -0.2) is 4.39 Å². The van der Waals surface area contributed by atoms with Crippen LogP contribution in [0.5, 0.6) is 5.75 Å². The fourth-order valence-electron chi connectivity index (χ4n) is 3.85. The van der Waals surface area contributed by atoms with E-state index in [1.807, 2.05) is 24.3 Å². The molecule has 0 N–H and O–H groups in total. The van der Waals surface area contributed by atoms with Crippen molar-refractivity contribution in [2.24, 2.45) is 0 Å². The van der Waals surface area contributed by atoms with E-state index in [9.17, 15) is 9.18 Å². The zero-order valence-electron chi connectivity index (χ0n) is 13.1. The maximum Gasteiger partial charge on any atom is 0.253 e. The third-order valence-corrected chi connectivity index (χ3v) is 4.99. The summed E-state index contributed by atoms with van der Waals surface area (Å²) in [6.07, 6.45) is 3.43. The Bertz CT molecular complexity index is 760. The van der Waals surface area contributed by atoms with Gasteiger partial charge in [0.15, 0.2) is 12.3 Å². The van der Waals surface area contributed by atoms with Crippen LogP contribution in [0.3, 0.4) is 0 Å². The first-order chi connectivity index (χ1) is 11.1. The molecule has 0 atom stereocenters. The number of halogens is 1. The quantitative estimate of drug-likeness (QED) is 0.811. The van der Waals surface area contributed by atoms with E-state index in [2.05, 4.69) is 23.8 Å². The Balaban J connectivity index is 1.74. The molecule has 1 amide bonds. The van der Waals surface area contributed by atoms with Crippen molar-refractivity contribution in [3.05, 3.63) is 47.8 Å². The molecule has 0 bridgehead atoms. The van der Waals surface area contributed by atoms with Crippen molar-refractivity contribution in [1.82, 2.24) is 9.47 Å². The van der Waals surface area contributed by atoms with Crippen LogP contribution in [0.25, 0.3) is 5.69 Å². The predicted molar refractivity (Wildman–Crippen MR) is 84.6 cm³/mol. The van der Waals surface area contributed by atoms with Gasteiger partial charge in [0.25, 0.3) is 5.91 Å². The van der Waals surface area contributed by atoms with Gasteiger partial charge in [0.1, 0.15) is 5.75 Å². The van der Waals surface area contributed by atoms with E-state index in [0.29, 0.717) is 25.9 Å². The van der Waals surface area contributed by atoms with Crippen LogP contribution in [0, 0.1) is 6.92 Å². The summed E-state index contributed by atoms with van der Waals surface area (Å²) < 4.78 is 21.3. The molecule has 1 aromatic heterocycles. The molecule has 4 nitrogen and oxygen atoms in total. The second-order valence-corrected chi connectivity index (χ2v) is 6.30. The van der Waals surface area contributed by atoms with Gasteiger partial charge in [-0.15, -0.1) is 0 Å². The Morgan fingerprint density at radius 3 is 2.74 bits per heavy atom. The topological polar surface area (TPSA) is 34.5 Å². The van der Waals surface area contributed by atoms with Crippen LogP contribution < -0.4 is 4.74 Å². The molecule has 2 aliphatic heterocycles. The third kappa shape index (κ3) is 2.06. The average Bonchev–Trinajstić information content (AvgIpc) is 2.98. The molecule has 120 valence electrons. The molecule has 2 aromatic rings. The van der Waals surface area contributed by atoms with Crippen molar-refractivity contribution >= 4 is 5.91 Å². The molecule has 4 rings (SSSR count). The largest absolute Gasteiger partial charge is 0.479 e. The number of aryl methyl sites for hydroxylation is 1. The Labute approximate surface area is 134 Å². The number of hydrogen-bond donors (Lipinski definition) is 0. The van der Waals surface area contributed by atoms with E-state index < -0.39 is 18.2 Å². The number of carbonyl (C=O) groups excluding carboxylic acids is 1. The first-order valence-electron chi connectivity index (χ1n) is 7.95. The van der Waals surface area contributed by atoms with Crippen LogP contribution in [0.4, 0.5) is 4.39 Å². The predicted octanol–water partition coefficient (Wildman–Crippen LogP) is 2.97. The third-order valence-electron chi connectivity index (χ3n) is 4.99. The van der Waals surface area contributed by atoms with Gasteiger partial charge in [-0.3, -0.25) is 4.79 Å². The molecule has 2 aliphatic rings. The van der Waals surface area contributed by atoms with Gasteiger partial charge in [0.05, 0.1) is 11.4 Å². The van der Waals surface area contributed by atoms with Crippen LogP contribution in [0.2, 0.25) is 0 Å². The van der Waals surface area contributed by atoms with Gasteiger partial charge in [-0.1, -0.05) is 12.1 Å². The first kappa shape index (κ1) is 14.3. The van der Waals surface area contributed by atoms with Gasteiger partial charge < -0.3 is 14.2 Å². The summed E-state index contributed by atoms with van der Waals surface area (Å²) in [5.74, 6) is 0.434. The Kier molecular flexibility index (Phi) is 3.18. The van der Waals surface area contributed by atoms with Crippen LogP contribution in [-0.2, 0) is 10.4 Å². The van der Waals surface area contributed by atoms with Gasteiger partial charge in [-0.2, -0.15) is 0 Å². The van der Waals surface area contributed by atoms with Crippen LogP contribution >= 0.6 is 0 Å². The van der Waals surface area contributed by atoms with Gasteiger partial charge >= 0.3 is 0 Å². The van der Waals surface area contributed by atoms with Gasteiger partial charge in [0.2, 0.25) is 0 Å². The first-order valence-corrected chi connectivity index (χ1v) is 7.95. The lowest BCUT2D eigenvalue weighted by Gasteiger charge is -2.45. The number of hydrogen-bond acceptors (Lipinski definition) is 2. The maximum atomic E-state index is 12.6. The smallest absolute Gasteiger partial charge is 0.253 e. The minimum atomic E-state index is -0.925. The zero-order valence-corrected chi connectivity index (χ0v) is 13.1. The number of alkyl halides is 1. The van der Waals surface area contributed by atoms with Crippen LogP contribution in [0.15, 0.2) is 36.5 Å². The molecule has 0 unspecified atom stereocenters. The number of piperidine rings is 1. The van der Waals surface area contributed by atoms with Crippen LogP contribution in [-0.4, -0.2) is 35.1 Å². The Hall–Kier alpha value is -2.30. The van der Waals surface area contributed by atoms with Crippen molar-refractivity contribution in [3.8, 4) is 11.4 Å². The number of ether oxygens (including phenoxy) is 1. The van der Waals surface area contributed by atoms with Gasteiger partial charge in [-0.05, 0) is 30.7 Å². The van der Waals surface area contributed by atoms with E-state index in [4.69, 9.17) is 4.74 Å². The number of likely N-dealkylation sites (tertiary alicyclic amines) is 1. The van der Waals surface area contributed by atoms with Crippen molar-refractivity contribution in [3.63, 3.8) is 0 Å². The molecule has 0 radical (unpaired) electrons. The van der Waals surface area contributed by atoms with Gasteiger partial charge in [0, 0.05) is 32.1 Å². The summed E-state index contributed by atoms with van der Waals surface area (Å²) in [5, 5.41) is 0. The highest BCUT2D eigenvalue weighted by Gasteiger charge is 2.45. The monoisotopic (exact) mass is 314 g/mol. The number of nitrogens with zero attached hydrogens (tertiary/aromatic N) is 2. The molecule has 23 heavy (non-hydrogen) atoms. The number of aromatic nitrogens is 1. The second kappa shape index (κ2) is 5.11. The van der Waals surface area contributed by atoms with Crippen molar-refractivity contribution in [2.45, 2.75) is 25.4 Å². The summed E-state index contributed by atoms with van der Waals surface area (Å²) in [4.78, 5) is 13.2. The highest BCUT2D eigenvalue weighted by Crippen LogP contribution is 2.46. The molecule has 1 fully saturated rings. The molecular formula is C18H19FN2O2. The number of carbonyl (C=O) groups is 1. The van der Waals surface area contributed by atoms with E-state index >= 15 is 0 Å². The van der Waals surface area contributed by atoms with E-state index in [-0.39, 0.29) is 0 Å². The number of para-hydroxylation sites is 2. The molecule has 5 heteroatoms. The summed E-state index contributed by atoms with van der Waals surface area (Å²) in [6, 6.07) is 10.1. The number of benzene rings is 1. The molecule has 1 saturated heterocycles. The fourth-order valence-corrected chi connectivity index (χ4v) is 3.85. The summed E-state index contributed by atoms with van der Waals surface area (Å²) in [7, 11) is 0. The fraction of sp³-hybridized carbons (Fsp3) is 0.389. The highest BCUT2D eigenvalue weighted by molar-refractivity contribution is 5.77. The molecule has 0 aliphatic carbocycles. The summed E-state index contributed by atoms with van der Waals surface area (Å²) in [6.45, 7) is 2.21. The SMILES string of the molecule is Cc1ccn2c1C1(CCN(C(=O)CF)CC1)Oc1ccccc1-2. The number of amides is 1. The Morgan fingerprint density at radius 2 is 2.00 bits per heavy atom. The molecule has 0 saturated carbocycles. The van der Waals surface area contributed by atoms with E-state index in [1.54, 1.807) is 4.90 Å². The minimum absolute atomic E-state index is 0.428. The summed E-state index contributed by atoms with van der Waals surface area (Å²) >= 11 is 0. The van der Waals surface area contributed by atoms with E-state index in [1.165, 1.54) is 5.56 Å². The molecule has 1 aromatic carbocycles. The lowest BCUT2D eigenvalue weighted by atomic mass is 9.84. The zero-order chi connectivity index (χ0) is 16.0. The normalized spacial score (nSPS) is 18.3. The lowest BCUT2D eigenvalue weighted by Crippen LogP contribution is -2.50. The molecule has 1 spiro atoms. The maximum absolute atomic E-state index is 12.6. The minimum Gasteiger partial charge on any atom is -0.479 e. The average molecular weight is 314 g/mol. The standard InChI is InChI=1S/C18H19FN2O2/c1-13-6-9-21-14-4-2-3-5-15(14)23-18(17(13)21)7-10-20(11-8-18)16(22)12-19/h2-6,9H,7-8,10-12H2,1H3. The summed E-state index contributed by atoms with van der Waals surface area (Å²) in [5.41, 5.74) is 2.95. The number of fused-ring (bicyclic) bond motifs is 4. The molecule has 3 heterocycles.